The smallest absolute Gasteiger partial charge is 0.341 e. The second kappa shape index (κ2) is 9.23. The van der Waals surface area contributed by atoms with Crippen LogP contribution in [-0.2, 0) is 0 Å². The van der Waals surface area contributed by atoms with Crippen LogP contribution < -0.4 is 21.8 Å². The van der Waals surface area contributed by atoms with Crippen LogP contribution in [0.3, 0.4) is 0 Å². The highest BCUT2D eigenvalue weighted by atomic mass is 35.5. The molecule has 2 aromatic heterocycles. The van der Waals surface area contributed by atoms with Crippen LogP contribution in [-0.4, -0.2) is 40.3 Å². The Labute approximate surface area is 202 Å². The van der Waals surface area contributed by atoms with Crippen LogP contribution >= 0.6 is 11.6 Å². The van der Waals surface area contributed by atoms with Crippen LogP contribution in [0.2, 0.25) is 5.02 Å². The van der Waals surface area contributed by atoms with E-state index in [0.717, 1.165) is 34.4 Å². The number of aromatic carboxylic acids is 1. The van der Waals surface area contributed by atoms with Crippen LogP contribution in [0, 0.1) is 17.5 Å². The molecule has 1 saturated heterocycles. The molecule has 0 aliphatic carbocycles. The Kier molecular flexibility index (Phi) is 6.48. The maximum absolute atomic E-state index is 15.4. The van der Waals surface area contributed by atoms with E-state index in [1.165, 1.54) is 0 Å². The fourth-order valence-electron chi connectivity index (χ4n) is 4.21. The van der Waals surface area contributed by atoms with E-state index in [4.69, 9.17) is 23.1 Å². The van der Waals surface area contributed by atoms with Gasteiger partial charge in [0, 0.05) is 31.9 Å². The largest absolute Gasteiger partial charge is 0.477 e. The molecule has 4 rings (SSSR count). The van der Waals surface area contributed by atoms with Crippen molar-refractivity contribution in [1.29, 1.82) is 0 Å². The minimum atomic E-state index is -1.63. The number of rotatable bonds is 4. The summed E-state index contributed by atoms with van der Waals surface area (Å²) in [5, 5.41) is 8.83. The number of piperidine rings is 1. The number of nitrogen functional groups attached to an aromatic ring is 1. The number of benzene rings is 1. The summed E-state index contributed by atoms with van der Waals surface area (Å²) >= 11 is 6.64. The van der Waals surface area contributed by atoms with Gasteiger partial charge in [-0.05, 0) is 25.8 Å². The molecular formula is C23H21ClF3N5O3. The van der Waals surface area contributed by atoms with Crippen molar-refractivity contribution < 1.29 is 23.1 Å². The number of nitrogens with zero attached hydrogens (tertiary/aromatic N) is 3. The summed E-state index contributed by atoms with van der Waals surface area (Å²) in [4.78, 5) is 29.9. The number of hydrogen-bond donors (Lipinski definition) is 3. The monoisotopic (exact) mass is 507 g/mol. The normalized spacial score (nSPS) is 15.5. The van der Waals surface area contributed by atoms with Gasteiger partial charge in [0.1, 0.15) is 11.4 Å². The molecule has 0 bridgehead atoms. The van der Waals surface area contributed by atoms with Crippen LogP contribution in [0.4, 0.5) is 24.7 Å². The average molecular weight is 508 g/mol. The summed E-state index contributed by atoms with van der Waals surface area (Å²) < 4.78 is 44.8. The zero-order chi connectivity index (χ0) is 25.6. The number of carbonyl (C=O) groups is 1. The number of nitrogens with two attached hydrogens (primary N) is 2. The van der Waals surface area contributed by atoms with E-state index in [2.05, 4.69) is 4.98 Å². The van der Waals surface area contributed by atoms with E-state index < -0.39 is 51.4 Å². The maximum atomic E-state index is 15.4. The van der Waals surface area contributed by atoms with Gasteiger partial charge in [0.15, 0.2) is 23.3 Å². The number of carboxylic acid groups (broad SMARTS) is 1. The number of carboxylic acids is 1. The Morgan fingerprint density at radius 3 is 2.60 bits per heavy atom. The zero-order valence-electron chi connectivity index (χ0n) is 18.5. The van der Waals surface area contributed by atoms with Crippen molar-refractivity contribution in [2.24, 2.45) is 5.73 Å². The van der Waals surface area contributed by atoms with Crippen molar-refractivity contribution in [3.63, 3.8) is 0 Å². The highest BCUT2D eigenvalue weighted by molar-refractivity contribution is 6.38. The lowest BCUT2D eigenvalue weighted by atomic mass is 9.98. The first-order valence-electron chi connectivity index (χ1n) is 10.6. The topological polar surface area (TPSA) is 127 Å². The standard InChI is InChI=1S/C23H21ClF3N5O3/c1-10(7-28)11-3-2-4-31(8-11)19-14(25)5-12-18(17(19)24)32(9-13(20(12)33)23(34)35)22-16(27)6-15(26)21(29)30-22/h5-6,9H,2-4,7-8,28H2,1H3,(H2,29,30)(H,34,35)/b11-10-. The maximum Gasteiger partial charge on any atom is 0.341 e. The molecule has 184 valence electrons. The van der Waals surface area contributed by atoms with Gasteiger partial charge in [0.05, 0.1) is 21.6 Å². The van der Waals surface area contributed by atoms with Gasteiger partial charge in [-0.15, -0.1) is 0 Å². The molecule has 3 heterocycles. The van der Waals surface area contributed by atoms with E-state index in [1.54, 1.807) is 4.90 Å². The third kappa shape index (κ3) is 4.21. The zero-order valence-corrected chi connectivity index (χ0v) is 19.3. The molecule has 3 aromatic rings. The van der Waals surface area contributed by atoms with Crippen molar-refractivity contribution in [1.82, 2.24) is 9.55 Å². The Balaban J connectivity index is 2.07. The van der Waals surface area contributed by atoms with Gasteiger partial charge in [-0.2, -0.15) is 0 Å². The van der Waals surface area contributed by atoms with Crippen LogP contribution in [0.1, 0.15) is 30.1 Å². The Morgan fingerprint density at radius 1 is 1.23 bits per heavy atom. The first kappa shape index (κ1) is 24.6. The highest BCUT2D eigenvalue weighted by Crippen LogP contribution is 2.38. The van der Waals surface area contributed by atoms with Gasteiger partial charge in [0.25, 0.3) is 0 Å². The number of anilines is 2. The molecule has 1 fully saturated rings. The highest BCUT2D eigenvalue weighted by Gasteiger charge is 2.27. The van der Waals surface area contributed by atoms with Crippen molar-refractivity contribution in [3.05, 3.63) is 67.7 Å². The fraction of sp³-hybridized carbons (Fsp3) is 0.261. The number of aromatic nitrogens is 2. The van der Waals surface area contributed by atoms with Gasteiger partial charge in [-0.25, -0.2) is 22.9 Å². The summed E-state index contributed by atoms with van der Waals surface area (Å²) in [7, 11) is 0. The van der Waals surface area contributed by atoms with Gasteiger partial charge < -0.3 is 21.5 Å². The summed E-state index contributed by atoms with van der Waals surface area (Å²) in [6.45, 7) is 3.00. The number of pyridine rings is 2. The van der Waals surface area contributed by atoms with E-state index >= 15 is 4.39 Å². The summed E-state index contributed by atoms with van der Waals surface area (Å²) in [6, 6.07) is 1.33. The number of halogens is 4. The van der Waals surface area contributed by atoms with Crippen molar-refractivity contribution in [2.75, 3.05) is 30.3 Å². The van der Waals surface area contributed by atoms with Crippen molar-refractivity contribution in [3.8, 4) is 5.82 Å². The van der Waals surface area contributed by atoms with Crippen LogP contribution in [0.25, 0.3) is 16.7 Å². The van der Waals surface area contributed by atoms with Crippen molar-refractivity contribution >= 4 is 40.0 Å². The van der Waals surface area contributed by atoms with Gasteiger partial charge in [0.2, 0.25) is 5.43 Å². The van der Waals surface area contributed by atoms with Gasteiger partial charge in [-0.1, -0.05) is 22.7 Å². The molecule has 8 nitrogen and oxygen atoms in total. The molecule has 0 amide bonds. The first-order chi connectivity index (χ1) is 16.5. The Bertz CT molecular complexity index is 1470. The molecule has 0 spiro atoms. The fourth-order valence-corrected chi connectivity index (χ4v) is 4.61. The predicted octanol–water partition coefficient (Wildman–Crippen LogP) is 3.61. The van der Waals surface area contributed by atoms with E-state index in [9.17, 15) is 23.5 Å². The predicted molar refractivity (Wildman–Crippen MR) is 127 cm³/mol. The SMILES string of the molecule is C/C(CN)=C1\CCCN(c2c(F)cc3c(=O)c(C(=O)O)cn(-c4nc(N)c(F)cc4F)c3c2Cl)C1. The molecule has 0 radical (unpaired) electrons. The summed E-state index contributed by atoms with van der Waals surface area (Å²) in [5.41, 5.74) is 11.2. The molecule has 0 unspecified atom stereocenters. The second-order valence-electron chi connectivity index (χ2n) is 8.24. The van der Waals surface area contributed by atoms with Crippen LogP contribution in [0.5, 0.6) is 0 Å². The molecule has 1 aliphatic rings. The molecule has 35 heavy (non-hydrogen) atoms. The molecular weight excluding hydrogens is 487 g/mol. The molecule has 0 atom stereocenters. The third-order valence-electron chi connectivity index (χ3n) is 6.07. The molecule has 5 N–H and O–H groups in total. The lowest BCUT2D eigenvalue weighted by Crippen LogP contribution is -2.33. The number of fused-ring (bicyclic) bond motifs is 1. The summed E-state index contributed by atoms with van der Waals surface area (Å²) in [5.74, 6) is -6.07. The molecule has 1 aliphatic heterocycles. The minimum Gasteiger partial charge on any atom is -0.477 e. The third-order valence-corrected chi connectivity index (χ3v) is 6.43. The molecule has 12 heteroatoms. The van der Waals surface area contributed by atoms with E-state index in [-0.39, 0.29) is 16.2 Å². The first-order valence-corrected chi connectivity index (χ1v) is 11.0. The molecule has 1 aromatic carbocycles. The Hall–Kier alpha value is -3.57. The average Bonchev–Trinajstić information content (AvgIpc) is 2.81. The minimum absolute atomic E-state index is 0.0482. The lowest BCUT2D eigenvalue weighted by Gasteiger charge is -2.33. The number of hydrogen-bond acceptors (Lipinski definition) is 6. The van der Waals surface area contributed by atoms with E-state index in [1.807, 2.05) is 6.92 Å². The second-order valence-corrected chi connectivity index (χ2v) is 8.62. The van der Waals surface area contributed by atoms with E-state index in [0.29, 0.717) is 32.1 Å². The van der Waals surface area contributed by atoms with Crippen LogP contribution in [0.15, 0.2) is 34.3 Å². The Morgan fingerprint density at radius 2 is 1.94 bits per heavy atom. The quantitative estimate of drug-likeness (QED) is 0.460. The van der Waals surface area contributed by atoms with Gasteiger partial charge in [-0.3, -0.25) is 9.36 Å². The lowest BCUT2D eigenvalue weighted by molar-refractivity contribution is 0.0695. The summed E-state index contributed by atoms with van der Waals surface area (Å²) in [6.07, 6.45) is 2.28. The molecule has 0 saturated carbocycles. The van der Waals surface area contributed by atoms with Crippen molar-refractivity contribution in [2.45, 2.75) is 19.8 Å². The van der Waals surface area contributed by atoms with Gasteiger partial charge >= 0.3 is 5.97 Å².